The molecule has 0 N–H and O–H groups in total. The average molecular weight is 1000 g/mol. The van der Waals surface area contributed by atoms with E-state index in [0.29, 0.717) is 12.1 Å². The van der Waals surface area contributed by atoms with Crippen molar-refractivity contribution in [2.75, 3.05) is 19.6 Å². The molecule has 0 unspecified atom stereocenters. The van der Waals surface area contributed by atoms with E-state index in [9.17, 15) is 0 Å². The van der Waals surface area contributed by atoms with Crippen LogP contribution in [0.25, 0.3) is 0 Å². The number of aromatic nitrogens is 7. The molecule has 48 heavy (non-hydrogen) atoms. The third-order valence-electron chi connectivity index (χ3n) is 6.65. The molecule has 0 fully saturated rings. The van der Waals surface area contributed by atoms with Crippen LogP contribution in [0.3, 0.4) is 0 Å². The van der Waals surface area contributed by atoms with E-state index in [-0.39, 0.29) is 42.1 Å². The van der Waals surface area contributed by atoms with E-state index in [1.165, 1.54) is 0 Å². The average Bonchev–Trinajstić information content (AvgIpc) is 3.94. The van der Waals surface area contributed by atoms with Crippen molar-refractivity contribution >= 4 is 34.5 Å². The van der Waals surface area contributed by atoms with Crippen LogP contribution in [-0.2, 0) is 42.1 Å². The first kappa shape index (κ1) is 38.1. The van der Waals surface area contributed by atoms with E-state index in [1.807, 2.05) is 72.4 Å². The van der Waals surface area contributed by atoms with E-state index >= 15 is 0 Å². The Morgan fingerprint density at radius 3 is 1.54 bits per heavy atom. The first-order chi connectivity index (χ1) is 22.5. The Labute approximate surface area is 311 Å². The van der Waals surface area contributed by atoms with E-state index in [0.717, 1.165) is 34.5 Å². The zero-order valence-corrected chi connectivity index (χ0v) is 31.4. The van der Waals surface area contributed by atoms with Crippen LogP contribution in [0.4, 0.5) is 34.5 Å². The van der Waals surface area contributed by atoms with Crippen LogP contribution in [0, 0.1) is 25.5 Å². The van der Waals surface area contributed by atoms with E-state index in [2.05, 4.69) is 103 Å². The Kier molecular flexibility index (Phi) is 15.5. The van der Waals surface area contributed by atoms with Crippen molar-refractivity contribution < 1.29 is 42.1 Å². The first-order valence-electron chi connectivity index (χ1n) is 14.9. The van der Waals surface area contributed by atoms with Crippen LogP contribution in [0.2, 0.25) is 0 Å². The minimum atomic E-state index is 0. The molecule has 13 heteroatoms. The molecule has 2 aliphatic heterocycles. The van der Waals surface area contributed by atoms with Crippen LogP contribution < -0.4 is 29.8 Å². The van der Waals surface area contributed by atoms with Gasteiger partial charge >= 0.3 is 0 Å². The van der Waals surface area contributed by atoms with Crippen LogP contribution in [0.1, 0.15) is 27.7 Å². The Balaban J connectivity index is 0.000000196. The molecule has 0 atom stereocenters. The molecule has 0 saturated carbocycles. The molecule has 0 bridgehead atoms. The van der Waals surface area contributed by atoms with E-state index in [1.54, 1.807) is 49.3 Å². The van der Waals surface area contributed by atoms with Gasteiger partial charge in [-0.25, -0.2) is 15.0 Å². The predicted octanol–water partition coefficient (Wildman–Crippen LogP) is 6.20. The number of para-hydroxylation sites is 2. The Bertz CT molecular complexity index is 1530. The number of nitrogens with zero attached hydrogens (tertiary/aromatic N) is 11. The van der Waals surface area contributed by atoms with Crippen LogP contribution in [-0.4, -0.2) is 37.2 Å². The Morgan fingerprint density at radius 1 is 0.562 bits per heavy atom. The third kappa shape index (κ3) is 9.84. The van der Waals surface area contributed by atoms with Crippen molar-refractivity contribution in [1.82, 2.24) is 35.3 Å². The summed E-state index contributed by atoms with van der Waals surface area (Å²) in [6.07, 6.45) is 11.8. The molecule has 6 aromatic rings. The fourth-order valence-electron chi connectivity index (χ4n) is 4.52. The Morgan fingerprint density at radius 2 is 1.08 bits per heavy atom. The molecule has 0 spiro atoms. The third-order valence-corrected chi connectivity index (χ3v) is 6.65. The van der Waals surface area contributed by atoms with Gasteiger partial charge in [0, 0.05) is 78.8 Å². The van der Waals surface area contributed by atoms with Gasteiger partial charge in [-0.05, 0) is 51.9 Å². The summed E-state index contributed by atoms with van der Waals surface area (Å²) in [7, 11) is 0. The number of rotatable bonds is 4. The molecule has 11 nitrogen and oxygen atoms in total. The fourth-order valence-corrected chi connectivity index (χ4v) is 4.52. The summed E-state index contributed by atoms with van der Waals surface area (Å²) in [6.45, 7) is 12.7. The molecule has 0 aliphatic carbocycles. The molecular formula is C35H35N11Pt2-6. The van der Waals surface area contributed by atoms with Crippen molar-refractivity contribution in [3.05, 3.63) is 142 Å². The van der Waals surface area contributed by atoms with Crippen LogP contribution in [0.5, 0.6) is 0 Å². The smallest absolute Gasteiger partial charge is 0.144 e. The summed E-state index contributed by atoms with van der Waals surface area (Å²) in [6, 6.07) is 30.6. The molecule has 0 amide bonds. The van der Waals surface area contributed by atoms with Gasteiger partial charge in [-0.3, -0.25) is 0 Å². The molecule has 2 aliphatic rings. The zero-order valence-electron chi connectivity index (χ0n) is 26.8. The largest absolute Gasteiger partial charge is 0.582 e. The van der Waals surface area contributed by atoms with Gasteiger partial charge in [0.1, 0.15) is 17.5 Å². The van der Waals surface area contributed by atoms with Gasteiger partial charge in [0.2, 0.25) is 0 Å². The van der Waals surface area contributed by atoms with Gasteiger partial charge in [-0.2, -0.15) is 73.1 Å². The van der Waals surface area contributed by atoms with Gasteiger partial charge in [-0.15, -0.1) is 24.7 Å². The summed E-state index contributed by atoms with van der Waals surface area (Å²) in [5.41, 5.74) is 3.13. The topological polar surface area (TPSA) is 106 Å². The number of benzene rings is 2. The van der Waals surface area contributed by atoms with E-state index in [4.69, 9.17) is 0 Å². The normalized spacial score (nSPS) is 12.3. The molecular weight excluding hydrogens is 965 g/mol. The maximum absolute atomic E-state index is 4.48. The summed E-state index contributed by atoms with van der Waals surface area (Å²) >= 11 is 0. The second-order valence-corrected chi connectivity index (χ2v) is 10.5. The maximum Gasteiger partial charge on any atom is 0.144 e. The summed E-state index contributed by atoms with van der Waals surface area (Å²) in [5, 5.41) is 13.9. The van der Waals surface area contributed by atoms with Gasteiger partial charge in [-0.1, -0.05) is 12.1 Å². The standard InChI is InChI=1S/C15H15N3.C14H14N4.2C3H3N2.2Pt/c1-12(2)17-11-18(13-7-4-3-5-8-13)15-14(17)9-6-10-16-15;1-11(2)17-10-18(12-6-4-3-5-7-12)14-13(17)15-8-9-16-14;2*1-2-4-5-3-1;;/h3-7,9-12H,1-2H3;3-6,8-11H,1-2H3;2*1-3H;;/q2*-2;2*-1;;. The van der Waals surface area contributed by atoms with Crippen molar-refractivity contribution in [3.8, 4) is 0 Å². The number of hydrogen-bond donors (Lipinski definition) is 0. The zero-order chi connectivity index (χ0) is 32.1. The molecule has 0 saturated heterocycles. The molecule has 4 aromatic heterocycles. The van der Waals surface area contributed by atoms with Crippen LogP contribution >= 0.6 is 0 Å². The molecule has 2 aromatic carbocycles. The molecule has 0 radical (unpaired) electrons. The molecule has 6 heterocycles. The minimum Gasteiger partial charge on any atom is -0.582 e. The number of anilines is 6. The molecule has 256 valence electrons. The van der Waals surface area contributed by atoms with Crippen molar-refractivity contribution in [3.63, 3.8) is 0 Å². The van der Waals surface area contributed by atoms with Gasteiger partial charge < -0.3 is 40.0 Å². The summed E-state index contributed by atoms with van der Waals surface area (Å²) in [5.74, 6) is 2.71. The quantitative estimate of drug-likeness (QED) is 0.189. The monoisotopic (exact) mass is 999 g/mol. The first-order valence-corrected chi connectivity index (χ1v) is 14.9. The summed E-state index contributed by atoms with van der Waals surface area (Å²) < 4.78 is 0. The van der Waals surface area contributed by atoms with Crippen molar-refractivity contribution in [2.45, 2.75) is 39.8 Å². The minimum absolute atomic E-state index is 0. The van der Waals surface area contributed by atoms with Crippen molar-refractivity contribution in [1.29, 1.82) is 0 Å². The van der Waals surface area contributed by atoms with Crippen molar-refractivity contribution in [2.24, 2.45) is 0 Å². The van der Waals surface area contributed by atoms with E-state index < -0.39 is 0 Å². The Hall–Kier alpha value is -4.33. The predicted molar refractivity (Wildman–Crippen MR) is 180 cm³/mol. The SMILES string of the molecule is CC(C)N1[CH-]N(c2[c-]cccc2)c2ncccc21.CC(C)N1[CH-]N(c2[c-]cccc2)c2nccnc21.[Pt].[Pt].c1cn[n-]c1.c1cn[n-]c1. The van der Waals surface area contributed by atoms with Gasteiger partial charge in [0.05, 0.1) is 0 Å². The molecule has 8 rings (SSSR count). The second-order valence-electron chi connectivity index (χ2n) is 10.5. The van der Waals surface area contributed by atoms with Gasteiger partial charge in [0.25, 0.3) is 0 Å². The van der Waals surface area contributed by atoms with Gasteiger partial charge in [0.15, 0.2) is 0 Å². The number of pyridine rings is 1. The fraction of sp³-hybridized carbons (Fsp3) is 0.171. The maximum atomic E-state index is 4.48. The number of fused-ring (bicyclic) bond motifs is 2. The number of hydrogen-bond acceptors (Lipinski definition) is 9. The summed E-state index contributed by atoms with van der Waals surface area (Å²) in [4.78, 5) is 21.8. The second kappa shape index (κ2) is 19.5. The van der Waals surface area contributed by atoms with Crippen LogP contribution in [0.15, 0.2) is 116 Å².